The van der Waals surface area contributed by atoms with Crippen LogP contribution in [0.2, 0.25) is 0 Å². The Hall–Kier alpha value is -3.61. The van der Waals surface area contributed by atoms with Crippen molar-refractivity contribution in [1.29, 1.82) is 0 Å². The molecule has 1 N–H and O–H groups in total. The molecular weight excluding hydrogens is 322 g/mol. The number of nitrogens with zero attached hydrogens (tertiary/aromatic N) is 2. The summed E-state index contributed by atoms with van der Waals surface area (Å²) in [6.07, 6.45) is 1.44. The molecule has 0 amide bonds. The Bertz CT molecular complexity index is 901. The highest BCUT2D eigenvalue weighted by atomic mass is 16.6. The van der Waals surface area contributed by atoms with E-state index in [1.165, 1.54) is 18.3 Å². The van der Waals surface area contributed by atoms with Gasteiger partial charge >= 0.3 is 5.88 Å². The number of para-hydroxylation sites is 2. The molecule has 7 nitrogen and oxygen atoms in total. The number of rotatable bonds is 6. The molecule has 0 aliphatic heterocycles. The van der Waals surface area contributed by atoms with E-state index in [1.807, 2.05) is 48.5 Å². The summed E-state index contributed by atoms with van der Waals surface area (Å²) in [6.45, 7) is 0. The van der Waals surface area contributed by atoms with Crippen LogP contribution in [0.4, 0.5) is 22.9 Å². The molecule has 0 aliphatic carbocycles. The second-order valence-corrected chi connectivity index (χ2v) is 5.06. The Kier molecular flexibility index (Phi) is 4.75. The van der Waals surface area contributed by atoms with Gasteiger partial charge in [0.25, 0.3) is 0 Å². The minimum absolute atomic E-state index is 0.308. The Labute approximate surface area is 143 Å². The SMILES string of the molecule is COc1ccccc1Nc1ccc(N=Cc2ccc([N+](=O)[O-])o2)cc1. The van der Waals surface area contributed by atoms with Crippen molar-refractivity contribution >= 4 is 29.2 Å². The largest absolute Gasteiger partial charge is 0.495 e. The number of methoxy groups -OCH3 is 1. The molecule has 0 atom stereocenters. The van der Waals surface area contributed by atoms with Crippen LogP contribution in [-0.4, -0.2) is 18.2 Å². The third-order valence-corrected chi connectivity index (χ3v) is 3.39. The van der Waals surface area contributed by atoms with E-state index in [1.54, 1.807) is 7.11 Å². The number of hydrogen-bond donors (Lipinski definition) is 1. The average Bonchev–Trinajstić information content (AvgIpc) is 3.11. The minimum atomic E-state index is -0.588. The standard InChI is InChI=1S/C18H15N3O4/c1-24-17-5-3-2-4-16(17)20-14-8-6-13(7-9-14)19-12-15-10-11-18(25-15)21(22)23/h2-12,20H,1H3. The highest BCUT2D eigenvalue weighted by Gasteiger charge is 2.10. The quantitative estimate of drug-likeness (QED) is 0.400. The normalized spacial score (nSPS) is 10.8. The number of furan rings is 1. The van der Waals surface area contributed by atoms with Crippen molar-refractivity contribution in [2.75, 3.05) is 12.4 Å². The summed E-state index contributed by atoms with van der Waals surface area (Å²) in [5, 5.41) is 13.8. The van der Waals surface area contributed by atoms with Gasteiger partial charge in [-0.2, -0.15) is 0 Å². The van der Waals surface area contributed by atoms with Crippen LogP contribution in [0.15, 0.2) is 70.1 Å². The van der Waals surface area contributed by atoms with Crippen molar-refractivity contribution in [2.45, 2.75) is 0 Å². The van der Waals surface area contributed by atoms with Crippen LogP contribution in [0.5, 0.6) is 5.75 Å². The summed E-state index contributed by atoms with van der Waals surface area (Å²) in [6, 6.07) is 17.8. The van der Waals surface area contributed by atoms with E-state index in [-0.39, 0.29) is 5.88 Å². The summed E-state index contributed by atoms with van der Waals surface area (Å²) < 4.78 is 10.3. The predicted molar refractivity (Wildman–Crippen MR) is 95.3 cm³/mol. The van der Waals surface area contributed by atoms with Crippen molar-refractivity contribution < 1.29 is 14.1 Å². The monoisotopic (exact) mass is 337 g/mol. The Morgan fingerprint density at radius 1 is 1.12 bits per heavy atom. The van der Waals surface area contributed by atoms with Gasteiger partial charge in [-0.25, -0.2) is 0 Å². The van der Waals surface area contributed by atoms with Crippen LogP contribution in [0.1, 0.15) is 5.76 Å². The van der Waals surface area contributed by atoms with Gasteiger partial charge in [-0.15, -0.1) is 0 Å². The molecule has 7 heteroatoms. The van der Waals surface area contributed by atoms with Gasteiger partial charge in [0.05, 0.1) is 30.8 Å². The number of ether oxygens (including phenoxy) is 1. The van der Waals surface area contributed by atoms with E-state index < -0.39 is 4.92 Å². The third kappa shape index (κ3) is 4.03. The number of hydrogen-bond acceptors (Lipinski definition) is 6. The first-order valence-electron chi connectivity index (χ1n) is 7.44. The Morgan fingerprint density at radius 2 is 1.88 bits per heavy atom. The number of benzene rings is 2. The summed E-state index contributed by atoms with van der Waals surface area (Å²) >= 11 is 0. The molecule has 0 spiro atoms. The molecule has 0 fully saturated rings. The van der Waals surface area contributed by atoms with Gasteiger partial charge in [0, 0.05) is 5.69 Å². The summed E-state index contributed by atoms with van der Waals surface area (Å²) in [7, 11) is 1.62. The zero-order valence-electron chi connectivity index (χ0n) is 13.4. The van der Waals surface area contributed by atoms with Crippen molar-refractivity contribution in [1.82, 2.24) is 0 Å². The molecule has 1 heterocycles. The fraction of sp³-hybridized carbons (Fsp3) is 0.0556. The second kappa shape index (κ2) is 7.31. The van der Waals surface area contributed by atoms with Crippen molar-refractivity contribution in [3.63, 3.8) is 0 Å². The van der Waals surface area contributed by atoms with Crippen molar-refractivity contribution in [3.8, 4) is 5.75 Å². The maximum absolute atomic E-state index is 10.6. The molecule has 3 rings (SSSR count). The number of aliphatic imine (C=N–C) groups is 1. The molecule has 1 aromatic heterocycles. The third-order valence-electron chi connectivity index (χ3n) is 3.39. The lowest BCUT2D eigenvalue weighted by Gasteiger charge is -2.10. The molecule has 0 aliphatic rings. The lowest BCUT2D eigenvalue weighted by atomic mass is 10.2. The van der Waals surface area contributed by atoms with Crippen LogP contribution in [0.25, 0.3) is 0 Å². The first-order chi connectivity index (χ1) is 12.2. The lowest BCUT2D eigenvalue weighted by molar-refractivity contribution is -0.402. The van der Waals surface area contributed by atoms with E-state index in [9.17, 15) is 10.1 Å². The van der Waals surface area contributed by atoms with Crippen molar-refractivity contribution in [2.24, 2.45) is 4.99 Å². The second-order valence-electron chi connectivity index (χ2n) is 5.06. The summed E-state index contributed by atoms with van der Waals surface area (Å²) in [5.74, 6) is 0.768. The molecule has 2 aromatic carbocycles. The molecule has 0 unspecified atom stereocenters. The van der Waals surface area contributed by atoms with E-state index in [2.05, 4.69) is 10.3 Å². The average molecular weight is 337 g/mol. The topological polar surface area (TPSA) is 89.9 Å². The number of nitrogens with one attached hydrogen (secondary N) is 1. The molecule has 0 radical (unpaired) electrons. The zero-order chi connectivity index (χ0) is 17.6. The van der Waals surface area contributed by atoms with E-state index in [4.69, 9.17) is 9.15 Å². The Balaban J connectivity index is 1.69. The fourth-order valence-electron chi connectivity index (χ4n) is 2.18. The molecule has 0 saturated heterocycles. The van der Waals surface area contributed by atoms with Gasteiger partial charge < -0.3 is 14.5 Å². The summed E-state index contributed by atoms with van der Waals surface area (Å²) in [4.78, 5) is 14.2. The van der Waals surface area contributed by atoms with Gasteiger partial charge in [-0.3, -0.25) is 15.1 Å². The molecule has 3 aromatic rings. The lowest BCUT2D eigenvalue weighted by Crippen LogP contribution is -1.93. The zero-order valence-corrected chi connectivity index (χ0v) is 13.4. The molecule has 0 bridgehead atoms. The summed E-state index contributed by atoms with van der Waals surface area (Å²) in [5.41, 5.74) is 2.45. The van der Waals surface area contributed by atoms with E-state index in [0.29, 0.717) is 11.4 Å². The van der Waals surface area contributed by atoms with Gasteiger partial charge in [-0.1, -0.05) is 12.1 Å². The highest BCUT2D eigenvalue weighted by Crippen LogP contribution is 2.27. The van der Waals surface area contributed by atoms with Crippen LogP contribution < -0.4 is 10.1 Å². The van der Waals surface area contributed by atoms with Gasteiger partial charge in [0.1, 0.15) is 10.7 Å². The van der Waals surface area contributed by atoms with Gasteiger partial charge in [0.15, 0.2) is 5.76 Å². The highest BCUT2D eigenvalue weighted by molar-refractivity contribution is 5.79. The maximum Gasteiger partial charge on any atom is 0.433 e. The number of nitro groups is 1. The smallest absolute Gasteiger partial charge is 0.433 e. The van der Waals surface area contributed by atoms with Crippen LogP contribution in [0.3, 0.4) is 0 Å². The van der Waals surface area contributed by atoms with E-state index >= 15 is 0 Å². The van der Waals surface area contributed by atoms with Crippen LogP contribution in [0, 0.1) is 10.1 Å². The Morgan fingerprint density at radius 3 is 2.56 bits per heavy atom. The minimum Gasteiger partial charge on any atom is -0.495 e. The van der Waals surface area contributed by atoms with E-state index in [0.717, 1.165) is 17.1 Å². The van der Waals surface area contributed by atoms with Crippen LogP contribution in [-0.2, 0) is 0 Å². The first-order valence-corrected chi connectivity index (χ1v) is 7.44. The van der Waals surface area contributed by atoms with Gasteiger partial charge in [-0.05, 0) is 42.5 Å². The number of anilines is 2. The molecule has 0 saturated carbocycles. The maximum atomic E-state index is 10.6. The predicted octanol–water partition coefficient (Wildman–Crippen LogP) is 4.69. The fourth-order valence-corrected chi connectivity index (χ4v) is 2.18. The van der Waals surface area contributed by atoms with Crippen LogP contribution >= 0.6 is 0 Å². The molecule has 126 valence electrons. The molecule has 25 heavy (non-hydrogen) atoms. The van der Waals surface area contributed by atoms with Gasteiger partial charge in [0.2, 0.25) is 0 Å². The molecular formula is C18H15N3O4. The van der Waals surface area contributed by atoms with Crippen molar-refractivity contribution in [3.05, 3.63) is 76.5 Å². The first kappa shape index (κ1) is 16.3.